The number of nitrogens with zero attached hydrogens (tertiary/aromatic N) is 6. The molecule has 2 heterocycles. The number of hydrogen-bond donors (Lipinski definition) is 2. The zero-order chi connectivity index (χ0) is 21.1. The number of nitriles is 1. The lowest BCUT2D eigenvalue weighted by Crippen LogP contribution is -2.29. The summed E-state index contributed by atoms with van der Waals surface area (Å²) in [6.07, 6.45) is 1.16. The smallest absolute Gasteiger partial charge is 0.267 e. The highest BCUT2D eigenvalue weighted by molar-refractivity contribution is 5.94. The van der Waals surface area contributed by atoms with E-state index in [1.807, 2.05) is 0 Å². The summed E-state index contributed by atoms with van der Waals surface area (Å²) >= 11 is 0. The van der Waals surface area contributed by atoms with E-state index in [-0.39, 0.29) is 22.6 Å². The number of rotatable bonds is 5. The molecule has 0 spiro atoms. The van der Waals surface area contributed by atoms with Crippen molar-refractivity contribution in [1.29, 1.82) is 5.26 Å². The van der Waals surface area contributed by atoms with E-state index in [1.165, 1.54) is 16.8 Å². The van der Waals surface area contributed by atoms with E-state index in [9.17, 15) is 14.0 Å². The van der Waals surface area contributed by atoms with Crippen molar-refractivity contribution in [3.05, 3.63) is 64.9 Å². The maximum Gasteiger partial charge on any atom is 0.267 e. The minimum absolute atomic E-state index is 0.00501. The second-order valence-corrected chi connectivity index (χ2v) is 6.09. The minimum Gasteiger partial charge on any atom is -0.364 e. The standard InChI is InChI=1S/C18H15FN8O2/c1-9(24-18(29)12-3-11(7-20)4-13(19)5-12)17-25-10(2)26-27(17)15-6-14(16(21)28)22-8-23-15/h3-6,8-9H,1-2H3,(H2,21,28)(H,24,29)/t9-/m0/s1. The number of halogens is 1. The molecule has 0 aliphatic carbocycles. The predicted octanol–water partition coefficient (Wildman–Crippen LogP) is 0.966. The van der Waals surface area contributed by atoms with Gasteiger partial charge in [0.15, 0.2) is 11.6 Å². The van der Waals surface area contributed by atoms with E-state index in [1.54, 1.807) is 19.9 Å². The van der Waals surface area contributed by atoms with E-state index >= 15 is 0 Å². The van der Waals surface area contributed by atoms with Crippen molar-refractivity contribution in [3.63, 3.8) is 0 Å². The van der Waals surface area contributed by atoms with Crippen molar-refractivity contribution in [1.82, 2.24) is 30.0 Å². The lowest BCUT2D eigenvalue weighted by molar-refractivity contribution is 0.0936. The van der Waals surface area contributed by atoms with Crippen LogP contribution in [0.25, 0.3) is 5.82 Å². The summed E-state index contributed by atoms with van der Waals surface area (Å²) in [6, 6.07) is 5.83. The van der Waals surface area contributed by atoms with Crippen molar-refractivity contribution in [3.8, 4) is 11.9 Å². The Hall–Kier alpha value is -4.20. The average molecular weight is 394 g/mol. The average Bonchev–Trinajstić information content (AvgIpc) is 3.09. The first kappa shape index (κ1) is 19.6. The van der Waals surface area contributed by atoms with Gasteiger partial charge >= 0.3 is 0 Å². The molecule has 0 aliphatic rings. The molecule has 3 aromatic rings. The van der Waals surface area contributed by atoms with Crippen LogP contribution in [0.1, 0.15) is 51.0 Å². The Kier molecular flexibility index (Phi) is 5.27. The van der Waals surface area contributed by atoms with Gasteiger partial charge in [0.25, 0.3) is 11.8 Å². The van der Waals surface area contributed by atoms with Crippen LogP contribution in [-0.4, -0.2) is 36.5 Å². The number of benzene rings is 1. The van der Waals surface area contributed by atoms with Crippen LogP contribution in [0.15, 0.2) is 30.6 Å². The topological polar surface area (TPSA) is 152 Å². The molecule has 0 unspecified atom stereocenters. The normalized spacial score (nSPS) is 11.5. The zero-order valence-electron chi connectivity index (χ0n) is 15.4. The number of aryl methyl sites for hydroxylation is 1. The van der Waals surface area contributed by atoms with Gasteiger partial charge in [-0.25, -0.2) is 19.3 Å². The molecule has 3 rings (SSSR count). The van der Waals surface area contributed by atoms with Crippen LogP contribution < -0.4 is 11.1 Å². The maximum atomic E-state index is 13.6. The second-order valence-electron chi connectivity index (χ2n) is 6.09. The fourth-order valence-corrected chi connectivity index (χ4v) is 2.61. The molecule has 0 radical (unpaired) electrons. The predicted molar refractivity (Wildman–Crippen MR) is 97.2 cm³/mol. The molecule has 0 aliphatic heterocycles. The second kappa shape index (κ2) is 7.81. The number of hydrogen-bond acceptors (Lipinski definition) is 7. The van der Waals surface area contributed by atoms with Gasteiger partial charge in [0.05, 0.1) is 17.7 Å². The Labute approximate surface area is 164 Å². The molecule has 11 heteroatoms. The van der Waals surface area contributed by atoms with Crippen LogP contribution in [0, 0.1) is 24.1 Å². The van der Waals surface area contributed by atoms with E-state index in [0.717, 1.165) is 18.5 Å². The number of primary amides is 1. The van der Waals surface area contributed by atoms with Crippen LogP contribution >= 0.6 is 0 Å². The summed E-state index contributed by atoms with van der Waals surface area (Å²) in [6.45, 7) is 3.30. The molecular weight excluding hydrogens is 379 g/mol. The number of nitrogens with two attached hydrogens (primary N) is 1. The first-order chi connectivity index (χ1) is 13.8. The molecule has 10 nitrogen and oxygen atoms in total. The Bertz CT molecular complexity index is 1150. The van der Waals surface area contributed by atoms with Gasteiger partial charge < -0.3 is 11.1 Å². The summed E-state index contributed by atoms with van der Waals surface area (Å²) in [5, 5.41) is 15.9. The van der Waals surface area contributed by atoms with Gasteiger partial charge in [0, 0.05) is 11.6 Å². The third kappa shape index (κ3) is 4.22. The molecule has 1 atom stereocenters. The van der Waals surface area contributed by atoms with Crippen molar-refractivity contribution in [2.75, 3.05) is 0 Å². The SMILES string of the molecule is Cc1nc([C@H](C)NC(=O)c2cc(F)cc(C#N)c2)n(-c2cc(C(N)=O)ncn2)n1. The Morgan fingerprint density at radius 2 is 2.03 bits per heavy atom. The maximum absolute atomic E-state index is 13.6. The third-order valence-corrected chi connectivity index (χ3v) is 3.88. The largest absolute Gasteiger partial charge is 0.364 e. The van der Waals surface area contributed by atoms with Gasteiger partial charge in [-0.05, 0) is 32.0 Å². The molecule has 0 saturated heterocycles. The Morgan fingerprint density at radius 1 is 1.28 bits per heavy atom. The molecule has 146 valence electrons. The van der Waals surface area contributed by atoms with Gasteiger partial charge in [-0.2, -0.15) is 9.94 Å². The number of amides is 2. The van der Waals surface area contributed by atoms with Crippen LogP contribution in [0.4, 0.5) is 4.39 Å². The number of aromatic nitrogens is 5. The zero-order valence-corrected chi connectivity index (χ0v) is 15.4. The van der Waals surface area contributed by atoms with Crippen molar-refractivity contribution >= 4 is 11.8 Å². The van der Waals surface area contributed by atoms with Gasteiger partial charge in [-0.3, -0.25) is 9.59 Å². The highest BCUT2D eigenvalue weighted by Crippen LogP contribution is 2.16. The van der Waals surface area contributed by atoms with E-state index < -0.39 is 23.7 Å². The monoisotopic (exact) mass is 394 g/mol. The summed E-state index contributed by atoms with van der Waals surface area (Å²) in [4.78, 5) is 36.0. The lowest BCUT2D eigenvalue weighted by Gasteiger charge is -2.14. The van der Waals surface area contributed by atoms with Crippen LogP contribution in [-0.2, 0) is 0 Å². The quantitative estimate of drug-likeness (QED) is 0.654. The summed E-state index contributed by atoms with van der Waals surface area (Å²) < 4.78 is 15.0. The van der Waals surface area contributed by atoms with Crippen molar-refractivity contribution in [2.45, 2.75) is 19.9 Å². The first-order valence-electron chi connectivity index (χ1n) is 8.36. The fraction of sp³-hybridized carbons (Fsp3) is 0.167. The molecule has 29 heavy (non-hydrogen) atoms. The van der Waals surface area contributed by atoms with Crippen molar-refractivity contribution < 1.29 is 14.0 Å². The van der Waals surface area contributed by atoms with E-state index in [4.69, 9.17) is 11.0 Å². The third-order valence-electron chi connectivity index (χ3n) is 3.88. The van der Waals surface area contributed by atoms with Gasteiger partial charge in [0.1, 0.15) is 23.7 Å². The highest BCUT2D eigenvalue weighted by Gasteiger charge is 2.21. The Balaban J connectivity index is 1.91. The molecule has 2 aromatic heterocycles. The molecule has 3 N–H and O–H groups in total. The lowest BCUT2D eigenvalue weighted by atomic mass is 10.1. The van der Waals surface area contributed by atoms with Crippen molar-refractivity contribution in [2.24, 2.45) is 5.73 Å². The van der Waals surface area contributed by atoms with Gasteiger partial charge in [-0.15, -0.1) is 5.10 Å². The molecule has 0 saturated carbocycles. The molecule has 1 aromatic carbocycles. The number of nitrogens with one attached hydrogen (secondary N) is 1. The summed E-state index contributed by atoms with van der Waals surface area (Å²) in [5.41, 5.74) is 5.26. The fourth-order valence-electron chi connectivity index (χ4n) is 2.61. The molecule has 2 amide bonds. The van der Waals surface area contributed by atoms with Crippen LogP contribution in [0.2, 0.25) is 0 Å². The Morgan fingerprint density at radius 3 is 2.72 bits per heavy atom. The van der Waals surface area contributed by atoms with Gasteiger partial charge in [0.2, 0.25) is 0 Å². The van der Waals surface area contributed by atoms with E-state index in [2.05, 4.69) is 25.4 Å². The molecule has 0 bridgehead atoms. The summed E-state index contributed by atoms with van der Waals surface area (Å²) in [5.74, 6) is -1.06. The minimum atomic E-state index is -0.729. The first-order valence-corrected chi connectivity index (χ1v) is 8.36. The highest BCUT2D eigenvalue weighted by atomic mass is 19.1. The van der Waals surface area contributed by atoms with Crippen LogP contribution in [0.5, 0.6) is 0 Å². The molecular formula is C18H15FN8O2. The van der Waals surface area contributed by atoms with Gasteiger partial charge in [-0.1, -0.05) is 0 Å². The number of carbonyl (C=O) groups is 2. The molecule has 0 fully saturated rings. The number of carbonyl (C=O) groups excluding carboxylic acids is 2. The van der Waals surface area contributed by atoms with E-state index in [0.29, 0.717) is 11.6 Å². The summed E-state index contributed by atoms with van der Waals surface area (Å²) in [7, 11) is 0. The van der Waals surface area contributed by atoms with Crippen LogP contribution in [0.3, 0.4) is 0 Å².